The molecule has 0 atom stereocenters. The summed E-state index contributed by atoms with van der Waals surface area (Å²) in [7, 11) is 0. The Bertz CT molecular complexity index is 670. The maximum Gasteiger partial charge on any atom is 0.325 e. The molecule has 1 amide bonds. The van der Waals surface area contributed by atoms with E-state index in [1.807, 2.05) is 13.8 Å². The van der Waals surface area contributed by atoms with E-state index in [9.17, 15) is 9.59 Å². The van der Waals surface area contributed by atoms with Crippen molar-refractivity contribution in [1.29, 1.82) is 0 Å². The monoisotopic (exact) mass is 291 g/mol. The topological polar surface area (TPSA) is 97.4 Å². The first-order valence-electron chi connectivity index (χ1n) is 6.53. The van der Waals surface area contributed by atoms with Crippen LogP contribution in [0.3, 0.4) is 0 Å². The number of hydrogen-bond acceptors (Lipinski definition) is 4. The van der Waals surface area contributed by atoms with Gasteiger partial charge in [-0.25, -0.2) is 0 Å². The lowest BCUT2D eigenvalue weighted by Gasteiger charge is -2.00. The Hall–Kier alpha value is -2.57. The third kappa shape index (κ3) is 3.50. The first-order chi connectivity index (χ1) is 9.86. The highest BCUT2D eigenvalue weighted by atomic mass is 16.4. The number of anilines is 1. The molecule has 2 rings (SSSR count). The smallest absolute Gasteiger partial charge is 0.325 e. The Morgan fingerprint density at radius 1 is 1.48 bits per heavy atom. The van der Waals surface area contributed by atoms with E-state index in [-0.39, 0.29) is 18.4 Å². The second kappa shape index (κ2) is 5.82. The molecule has 0 aliphatic carbocycles. The summed E-state index contributed by atoms with van der Waals surface area (Å²) >= 11 is 0. The van der Waals surface area contributed by atoms with Crippen molar-refractivity contribution in [3.63, 3.8) is 0 Å². The molecule has 0 radical (unpaired) electrons. The minimum Gasteiger partial charge on any atom is -0.480 e. The van der Waals surface area contributed by atoms with Gasteiger partial charge >= 0.3 is 5.97 Å². The largest absolute Gasteiger partial charge is 0.480 e. The minimum atomic E-state index is -0.997. The Morgan fingerprint density at radius 3 is 2.76 bits per heavy atom. The molecular formula is C14H17N3O4. The van der Waals surface area contributed by atoms with Gasteiger partial charge in [0.15, 0.2) is 5.82 Å². The molecule has 7 heteroatoms. The molecule has 0 unspecified atom stereocenters. The summed E-state index contributed by atoms with van der Waals surface area (Å²) in [6, 6.07) is 3.25. The summed E-state index contributed by atoms with van der Waals surface area (Å²) in [5, 5.41) is 15.2. The Labute approximate surface area is 121 Å². The van der Waals surface area contributed by atoms with Crippen LogP contribution in [0.15, 0.2) is 22.7 Å². The predicted molar refractivity (Wildman–Crippen MR) is 75.4 cm³/mol. The van der Waals surface area contributed by atoms with Gasteiger partial charge in [0.1, 0.15) is 18.1 Å². The molecule has 0 bridgehead atoms. The molecule has 0 saturated heterocycles. The molecule has 0 aliphatic heterocycles. The molecule has 0 fully saturated rings. The van der Waals surface area contributed by atoms with E-state index in [2.05, 4.69) is 10.4 Å². The van der Waals surface area contributed by atoms with Gasteiger partial charge in [-0.1, -0.05) is 13.8 Å². The van der Waals surface area contributed by atoms with Gasteiger partial charge in [0.25, 0.3) is 5.91 Å². The number of aromatic nitrogens is 2. The summed E-state index contributed by atoms with van der Waals surface area (Å²) in [6.45, 7) is 5.43. The Balaban J connectivity index is 2.11. The van der Waals surface area contributed by atoms with Gasteiger partial charge < -0.3 is 14.8 Å². The van der Waals surface area contributed by atoms with Gasteiger partial charge in [-0.15, -0.1) is 0 Å². The zero-order valence-electron chi connectivity index (χ0n) is 12.1. The number of hydrogen-bond donors (Lipinski definition) is 2. The molecule has 0 saturated carbocycles. The number of aryl methyl sites for hydroxylation is 1. The van der Waals surface area contributed by atoms with Gasteiger partial charge in [0.2, 0.25) is 0 Å². The van der Waals surface area contributed by atoms with E-state index in [0.717, 1.165) is 5.76 Å². The van der Waals surface area contributed by atoms with Crippen molar-refractivity contribution in [2.45, 2.75) is 33.2 Å². The van der Waals surface area contributed by atoms with Crippen LogP contribution in [0.4, 0.5) is 5.82 Å². The third-order valence-electron chi connectivity index (χ3n) is 2.93. The molecular weight excluding hydrogens is 274 g/mol. The number of rotatable bonds is 5. The number of carbonyl (C=O) groups is 2. The van der Waals surface area contributed by atoms with E-state index in [4.69, 9.17) is 9.52 Å². The molecule has 21 heavy (non-hydrogen) atoms. The van der Waals surface area contributed by atoms with Crippen LogP contribution in [-0.2, 0) is 11.3 Å². The molecule has 0 spiro atoms. The fourth-order valence-electron chi connectivity index (χ4n) is 1.85. The van der Waals surface area contributed by atoms with Crippen molar-refractivity contribution in [2.24, 2.45) is 0 Å². The fourth-order valence-corrected chi connectivity index (χ4v) is 1.85. The van der Waals surface area contributed by atoms with Crippen LogP contribution >= 0.6 is 0 Å². The fraction of sp³-hybridized carbons (Fsp3) is 0.357. The average Bonchev–Trinajstić information content (AvgIpc) is 2.95. The van der Waals surface area contributed by atoms with Crippen molar-refractivity contribution in [2.75, 3.05) is 5.32 Å². The summed E-state index contributed by atoms with van der Waals surface area (Å²) in [6.07, 6.45) is 1.49. The lowest BCUT2D eigenvalue weighted by atomic mass is 10.1. The maximum atomic E-state index is 12.2. The van der Waals surface area contributed by atoms with Crippen molar-refractivity contribution < 1.29 is 19.1 Å². The first-order valence-corrected chi connectivity index (χ1v) is 6.53. The Kier molecular flexibility index (Phi) is 4.11. The average molecular weight is 291 g/mol. The maximum absolute atomic E-state index is 12.2. The van der Waals surface area contributed by atoms with E-state index in [1.165, 1.54) is 10.9 Å². The van der Waals surface area contributed by atoms with E-state index < -0.39 is 5.97 Å². The first kappa shape index (κ1) is 14.8. The van der Waals surface area contributed by atoms with Crippen molar-refractivity contribution in [3.05, 3.63) is 35.4 Å². The van der Waals surface area contributed by atoms with Crippen LogP contribution in [0.2, 0.25) is 0 Å². The van der Waals surface area contributed by atoms with E-state index in [0.29, 0.717) is 17.1 Å². The van der Waals surface area contributed by atoms with Gasteiger partial charge in [-0.05, 0) is 13.0 Å². The van der Waals surface area contributed by atoms with Crippen LogP contribution in [0.1, 0.15) is 41.6 Å². The summed E-state index contributed by atoms with van der Waals surface area (Å²) in [5.74, 6) is 0.454. The van der Waals surface area contributed by atoms with Crippen LogP contribution in [-0.4, -0.2) is 26.8 Å². The van der Waals surface area contributed by atoms with Crippen molar-refractivity contribution in [1.82, 2.24) is 9.78 Å². The summed E-state index contributed by atoms with van der Waals surface area (Å²) in [4.78, 5) is 22.7. The third-order valence-corrected chi connectivity index (χ3v) is 2.93. The molecule has 2 aromatic rings. The molecule has 0 aliphatic rings. The highest BCUT2D eigenvalue weighted by Crippen LogP contribution is 2.22. The standard InChI is InChI=1S/C14H17N3O4/c1-8(2)11-6-10(9(3)21-11)14(20)15-12-4-5-17(16-12)7-13(18)19/h4-6,8H,7H2,1-3H3,(H,18,19)(H,15,16,20). The van der Waals surface area contributed by atoms with Gasteiger partial charge in [0.05, 0.1) is 5.56 Å². The zero-order chi connectivity index (χ0) is 15.6. The SMILES string of the molecule is Cc1oc(C(C)C)cc1C(=O)Nc1ccn(CC(=O)O)n1. The number of nitrogens with zero attached hydrogens (tertiary/aromatic N) is 2. The number of carbonyl (C=O) groups excluding carboxylic acids is 1. The molecule has 2 heterocycles. The number of nitrogens with one attached hydrogen (secondary N) is 1. The second-order valence-electron chi connectivity index (χ2n) is 5.02. The van der Waals surface area contributed by atoms with Crippen molar-refractivity contribution in [3.8, 4) is 0 Å². The number of carboxylic acids is 1. The summed E-state index contributed by atoms with van der Waals surface area (Å²) < 4.78 is 6.76. The van der Waals surface area contributed by atoms with Gasteiger partial charge in [-0.2, -0.15) is 5.10 Å². The van der Waals surface area contributed by atoms with Crippen molar-refractivity contribution >= 4 is 17.7 Å². The molecule has 0 aromatic carbocycles. The minimum absolute atomic E-state index is 0.194. The highest BCUT2D eigenvalue weighted by Gasteiger charge is 2.17. The lowest BCUT2D eigenvalue weighted by Crippen LogP contribution is -2.14. The number of aliphatic carboxylic acids is 1. The number of amides is 1. The number of carboxylic acid groups (broad SMARTS) is 1. The molecule has 7 nitrogen and oxygen atoms in total. The summed E-state index contributed by atoms with van der Waals surface area (Å²) in [5.41, 5.74) is 0.450. The predicted octanol–water partition coefficient (Wildman–Crippen LogP) is 2.24. The van der Waals surface area contributed by atoms with E-state index in [1.54, 1.807) is 19.1 Å². The quantitative estimate of drug-likeness (QED) is 0.880. The van der Waals surface area contributed by atoms with Crippen LogP contribution in [0.5, 0.6) is 0 Å². The molecule has 2 N–H and O–H groups in total. The number of furan rings is 1. The second-order valence-corrected chi connectivity index (χ2v) is 5.02. The highest BCUT2D eigenvalue weighted by molar-refractivity contribution is 6.04. The normalized spacial score (nSPS) is 10.9. The van der Waals surface area contributed by atoms with Crippen LogP contribution < -0.4 is 5.32 Å². The van der Waals surface area contributed by atoms with Gasteiger partial charge in [-0.3, -0.25) is 14.3 Å². The zero-order valence-corrected chi connectivity index (χ0v) is 12.1. The molecule has 112 valence electrons. The van der Waals surface area contributed by atoms with Gasteiger partial charge in [0, 0.05) is 18.2 Å². The Morgan fingerprint density at radius 2 is 2.19 bits per heavy atom. The van der Waals surface area contributed by atoms with E-state index >= 15 is 0 Å². The molecule has 2 aromatic heterocycles. The van der Waals surface area contributed by atoms with Crippen LogP contribution in [0.25, 0.3) is 0 Å². The van der Waals surface area contributed by atoms with Crippen LogP contribution in [0, 0.1) is 6.92 Å². The lowest BCUT2D eigenvalue weighted by molar-refractivity contribution is -0.137.